The summed E-state index contributed by atoms with van der Waals surface area (Å²) in [4.78, 5) is 2.31. The van der Waals surface area contributed by atoms with E-state index in [0.717, 1.165) is 25.2 Å². The van der Waals surface area contributed by atoms with Gasteiger partial charge in [0.1, 0.15) is 0 Å². The van der Waals surface area contributed by atoms with Crippen molar-refractivity contribution in [3.05, 3.63) is 24.3 Å². The molecular weight excluding hydrogens is 176 g/mol. The number of nitrogen functional groups attached to an aromatic ring is 1. The monoisotopic (exact) mass is 192 g/mol. The molecule has 0 bridgehead atoms. The smallest absolute Gasteiger partial charge is 0.0762 e. The Morgan fingerprint density at radius 1 is 1.50 bits per heavy atom. The highest BCUT2D eigenvalue weighted by Crippen LogP contribution is 2.22. The summed E-state index contributed by atoms with van der Waals surface area (Å²) in [5, 5.41) is 0. The van der Waals surface area contributed by atoms with Crippen molar-refractivity contribution < 1.29 is 4.74 Å². The molecule has 1 heterocycles. The number of benzene rings is 1. The average Bonchev–Trinajstić information content (AvgIpc) is 2.66. The zero-order valence-corrected chi connectivity index (χ0v) is 8.44. The summed E-state index contributed by atoms with van der Waals surface area (Å²) in [6.07, 6.45) is 1.47. The molecule has 3 nitrogen and oxygen atoms in total. The first-order chi connectivity index (χ1) is 6.79. The Morgan fingerprint density at radius 3 is 3.00 bits per heavy atom. The standard InChI is InChI=1S/C11H16N2O/c1-14-11-5-6-13(8-11)10-4-2-3-9(12)7-10/h2-4,7,11H,5-6,8,12H2,1H3/t11-/m1/s1. The number of rotatable bonds is 2. The molecule has 0 spiro atoms. The molecule has 1 aliphatic heterocycles. The highest BCUT2D eigenvalue weighted by Gasteiger charge is 2.21. The summed E-state index contributed by atoms with van der Waals surface area (Å²) in [6, 6.07) is 8.00. The second-order valence-corrected chi connectivity index (χ2v) is 3.69. The molecule has 0 amide bonds. The van der Waals surface area contributed by atoms with E-state index in [9.17, 15) is 0 Å². The highest BCUT2D eigenvalue weighted by molar-refractivity contribution is 5.56. The van der Waals surface area contributed by atoms with Crippen LogP contribution in [0, 0.1) is 0 Å². The van der Waals surface area contributed by atoms with Crippen LogP contribution in [0.3, 0.4) is 0 Å². The fraction of sp³-hybridized carbons (Fsp3) is 0.455. The van der Waals surface area contributed by atoms with Gasteiger partial charge in [0.15, 0.2) is 0 Å². The van der Waals surface area contributed by atoms with E-state index in [2.05, 4.69) is 11.0 Å². The number of hydrogen-bond donors (Lipinski definition) is 1. The van der Waals surface area contributed by atoms with Gasteiger partial charge in [-0.1, -0.05) is 6.07 Å². The molecule has 2 rings (SSSR count). The number of nitrogens with zero attached hydrogens (tertiary/aromatic N) is 1. The Kier molecular flexibility index (Phi) is 2.59. The minimum Gasteiger partial charge on any atom is -0.399 e. The number of hydrogen-bond acceptors (Lipinski definition) is 3. The quantitative estimate of drug-likeness (QED) is 0.721. The lowest BCUT2D eigenvalue weighted by Gasteiger charge is -2.18. The Labute approximate surface area is 84.5 Å². The predicted octanol–water partition coefficient (Wildman–Crippen LogP) is 1.49. The van der Waals surface area contributed by atoms with Crippen LogP contribution >= 0.6 is 0 Å². The van der Waals surface area contributed by atoms with E-state index in [-0.39, 0.29) is 0 Å². The molecule has 1 atom stereocenters. The molecule has 1 aromatic carbocycles. The summed E-state index contributed by atoms with van der Waals surface area (Å²) in [5.74, 6) is 0. The van der Waals surface area contributed by atoms with Crippen molar-refractivity contribution in [2.75, 3.05) is 30.8 Å². The second-order valence-electron chi connectivity index (χ2n) is 3.69. The number of nitrogens with two attached hydrogens (primary N) is 1. The van der Waals surface area contributed by atoms with Crippen molar-refractivity contribution >= 4 is 11.4 Å². The Morgan fingerprint density at radius 2 is 2.36 bits per heavy atom. The van der Waals surface area contributed by atoms with Crippen LogP contribution in [-0.4, -0.2) is 26.3 Å². The van der Waals surface area contributed by atoms with E-state index in [0.29, 0.717) is 6.10 Å². The normalized spacial score (nSPS) is 21.5. The van der Waals surface area contributed by atoms with Gasteiger partial charge in [-0.15, -0.1) is 0 Å². The molecule has 0 aromatic heterocycles. The Hall–Kier alpha value is -1.22. The summed E-state index contributed by atoms with van der Waals surface area (Å²) in [6.45, 7) is 2.03. The van der Waals surface area contributed by atoms with Crippen LogP contribution in [0.4, 0.5) is 11.4 Å². The van der Waals surface area contributed by atoms with Crippen molar-refractivity contribution in [1.29, 1.82) is 0 Å². The number of anilines is 2. The van der Waals surface area contributed by atoms with E-state index in [4.69, 9.17) is 10.5 Å². The molecule has 3 heteroatoms. The van der Waals surface area contributed by atoms with Gasteiger partial charge in [-0.25, -0.2) is 0 Å². The highest BCUT2D eigenvalue weighted by atomic mass is 16.5. The number of ether oxygens (including phenoxy) is 1. The van der Waals surface area contributed by atoms with Crippen LogP contribution in [0.15, 0.2) is 24.3 Å². The molecule has 1 aromatic rings. The van der Waals surface area contributed by atoms with Crippen molar-refractivity contribution in [3.63, 3.8) is 0 Å². The summed E-state index contributed by atoms with van der Waals surface area (Å²) in [5.41, 5.74) is 7.76. The SMILES string of the molecule is CO[C@@H]1CCN(c2cccc(N)c2)C1. The molecule has 0 unspecified atom stereocenters. The van der Waals surface area contributed by atoms with Crippen LogP contribution in [-0.2, 0) is 4.74 Å². The first-order valence-corrected chi connectivity index (χ1v) is 4.93. The largest absolute Gasteiger partial charge is 0.399 e. The van der Waals surface area contributed by atoms with Crippen molar-refractivity contribution in [2.45, 2.75) is 12.5 Å². The molecular formula is C11H16N2O. The zero-order chi connectivity index (χ0) is 9.97. The molecule has 14 heavy (non-hydrogen) atoms. The molecule has 0 radical (unpaired) electrons. The second kappa shape index (κ2) is 3.88. The van der Waals surface area contributed by atoms with Gasteiger partial charge < -0.3 is 15.4 Å². The van der Waals surface area contributed by atoms with Crippen molar-refractivity contribution in [2.24, 2.45) is 0 Å². The maximum Gasteiger partial charge on any atom is 0.0762 e. The zero-order valence-electron chi connectivity index (χ0n) is 8.44. The molecule has 0 aliphatic carbocycles. The summed E-state index contributed by atoms with van der Waals surface area (Å²) in [7, 11) is 1.77. The lowest BCUT2D eigenvalue weighted by molar-refractivity contribution is 0.121. The third-order valence-corrected chi connectivity index (χ3v) is 2.71. The fourth-order valence-corrected chi connectivity index (χ4v) is 1.88. The maximum absolute atomic E-state index is 5.74. The summed E-state index contributed by atoms with van der Waals surface area (Å²) < 4.78 is 5.32. The lowest BCUT2D eigenvalue weighted by Crippen LogP contribution is -2.22. The van der Waals surface area contributed by atoms with Gasteiger partial charge in [0.2, 0.25) is 0 Å². The van der Waals surface area contributed by atoms with E-state index in [1.54, 1.807) is 7.11 Å². The van der Waals surface area contributed by atoms with Crippen LogP contribution in [0.1, 0.15) is 6.42 Å². The molecule has 76 valence electrons. The molecule has 2 N–H and O–H groups in total. The minimum absolute atomic E-state index is 0.372. The van der Waals surface area contributed by atoms with Gasteiger partial charge >= 0.3 is 0 Å². The van der Waals surface area contributed by atoms with Gasteiger partial charge in [0.25, 0.3) is 0 Å². The van der Waals surface area contributed by atoms with Crippen molar-refractivity contribution in [1.82, 2.24) is 0 Å². The van der Waals surface area contributed by atoms with Gasteiger partial charge in [0, 0.05) is 31.6 Å². The third-order valence-electron chi connectivity index (χ3n) is 2.71. The topological polar surface area (TPSA) is 38.5 Å². The average molecular weight is 192 g/mol. The van der Waals surface area contributed by atoms with E-state index in [1.165, 1.54) is 5.69 Å². The first kappa shape index (κ1) is 9.34. The molecule has 1 aliphatic rings. The van der Waals surface area contributed by atoms with E-state index in [1.807, 2.05) is 18.2 Å². The van der Waals surface area contributed by atoms with Gasteiger partial charge in [-0.05, 0) is 24.6 Å². The molecule has 1 saturated heterocycles. The van der Waals surface area contributed by atoms with Crippen LogP contribution < -0.4 is 10.6 Å². The Balaban J connectivity index is 2.09. The number of methoxy groups -OCH3 is 1. The molecule has 1 fully saturated rings. The lowest BCUT2D eigenvalue weighted by atomic mass is 10.2. The third kappa shape index (κ3) is 1.82. The van der Waals surface area contributed by atoms with Gasteiger partial charge in [-0.3, -0.25) is 0 Å². The fourth-order valence-electron chi connectivity index (χ4n) is 1.88. The molecule has 0 saturated carbocycles. The van der Waals surface area contributed by atoms with E-state index >= 15 is 0 Å². The van der Waals surface area contributed by atoms with E-state index < -0.39 is 0 Å². The van der Waals surface area contributed by atoms with Gasteiger partial charge in [-0.2, -0.15) is 0 Å². The predicted molar refractivity (Wildman–Crippen MR) is 58.5 cm³/mol. The van der Waals surface area contributed by atoms with Crippen LogP contribution in [0.25, 0.3) is 0 Å². The van der Waals surface area contributed by atoms with Crippen LogP contribution in [0.5, 0.6) is 0 Å². The van der Waals surface area contributed by atoms with Crippen LogP contribution in [0.2, 0.25) is 0 Å². The van der Waals surface area contributed by atoms with Crippen molar-refractivity contribution in [3.8, 4) is 0 Å². The maximum atomic E-state index is 5.74. The first-order valence-electron chi connectivity index (χ1n) is 4.93. The minimum atomic E-state index is 0.372. The van der Waals surface area contributed by atoms with Gasteiger partial charge in [0.05, 0.1) is 6.10 Å². The Bertz CT molecular complexity index is 314. The summed E-state index contributed by atoms with van der Waals surface area (Å²) >= 11 is 0.